The van der Waals surface area contributed by atoms with Gasteiger partial charge in [0.25, 0.3) is 0 Å². The third-order valence-corrected chi connectivity index (χ3v) is 8.75. The summed E-state index contributed by atoms with van der Waals surface area (Å²) in [6.07, 6.45) is 9.51. The number of allylic oxidation sites excluding steroid dienone is 4. The van der Waals surface area contributed by atoms with Crippen LogP contribution in [0.4, 0.5) is 0 Å². The van der Waals surface area contributed by atoms with Crippen molar-refractivity contribution >= 4 is 0 Å². The van der Waals surface area contributed by atoms with E-state index in [9.17, 15) is 0 Å². The van der Waals surface area contributed by atoms with Crippen LogP contribution in [0.1, 0.15) is 38.8 Å². The maximum Gasteiger partial charge on any atom is -1.00 e. The SMILES string of the molecule is CC1[CH]([Ti+3])C2C=CC=CC2C1C(c1ccccc1)(c1ccccc1)C(C)(C)C.[Cl-].[Cl-].[Cl-]. The average Bonchev–Trinajstić information content (AvgIpc) is 2.95. The summed E-state index contributed by atoms with van der Waals surface area (Å²) in [6.45, 7) is 9.84. The minimum atomic E-state index is -0.0435. The Hall–Kier alpha value is -0.496. The van der Waals surface area contributed by atoms with Gasteiger partial charge >= 0.3 is 183 Å². The van der Waals surface area contributed by atoms with E-state index >= 15 is 0 Å². The summed E-state index contributed by atoms with van der Waals surface area (Å²) in [5, 5.41) is 0. The van der Waals surface area contributed by atoms with E-state index in [0.717, 1.165) is 0 Å². The maximum atomic E-state index is 2.50. The van der Waals surface area contributed by atoms with Gasteiger partial charge in [0.05, 0.1) is 0 Å². The van der Waals surface area contributed by atoms with Crippen molar-refractivity contribution in [2.24, 2.45) is 29.1 Å². The van der Waals surface area contributed by atoms with E-state index in [2.05, 4.69) is 133 Å². The third kappa shape index (κ3) is 4.62. The Balaban J connectivity index is 0.00000160. The molecule has 0 bridgehead atoms. The molecule has 0 spiro atoms. The number of benzene rings is 2. The Morgan fingerprint density at radius 3 is 1.52 bits per heavy atom. The fraction of sp³-hybridized carbons (Fsp3) is 0.407. The zero-order valence-corrected chi connectivity index (χ0v) is 22.4. The monoisotopic (exact) mass is 508 g/mol. The molecule has 0 saturated heterocycles. The Kier molecular flexibility index (Phi) is 10.2. The van der Waals surface area contributed by atoms with Crippen molar-refractivity contribution in [3.05, 3.63) is 96.1 Å². The molecule has 5 atom stereocenters. The first-order valence-electron chi connectivity index (χ1n) is 10.6. The largest absolute Gasteiger partial charge is 1.00 e. The summed E-state index contributed by atoms with van der Waals surface area (Å²) in [6, 6.07) is 22.6. The van der Waals surface area contributed by atoms with Crippen LogP contribution in [-0.4, -0.2) is 0 Å². The van der Waals surface area contributed by atoms with E-state index in [1.165, 1.54) is 11.1 Å². The van der Waals surface area contributed by atoms with Crippen LogP contribution in [0.5, 0.6) is 0 Å². The molecule has 2 aromatic rings. The van der Waals surface area contributed by atoms with Crippen LogP contribution in [-0.2, 0) is 25.9 Å². The van der Waals surface area contributed by atoms with Crippen LogP contribution in [0.2, 0.25) is 4.22 Å². The number of halogens is 3. The second-order valence-corrected chi connectivity index (χ2v) is 10.7. The molecule has 31 heavy (non-hydrogen) atoms. The predicted molar refractivity (Wildman–Crippen MR) is 115 cm³/mol. The number of hydrogen-bond acceptors (Lipinski definition) is 0. The average molecular weight is 510 g/mol. The predicted octanol–water partition coefficient (Wildman–Crippen LogP) is -2.01. The summed E-state index contributed by atoms with van der Waals surface area (Å²) >= 11 is 2.47. The van der Waals surface area contributed by atoms with Crippen LogP contribution < -0.4 is 37.2 Å². The Labute approximate surface area is 219 Å². The van der Waals surface area contributed by atoms with Crippen molar-refractivity contribution in [3.63, 3.8) is 0 Å². The molecular formula is C27H31Cl3Ti. The van der Waals surface area contributed by atoms with Gasteiger partial charge in [-0.3, -0.25) is 0 Å². The minimum Gasteiger partial charge on any atom is -1.00 e. The van der Waals surface area contributed by atoms with E-state index in [0.29, 0.717) is 27.9 Å². The van der Waals surface area contributed by atoms with Crippen LogP contribution in [0.25, 0.3) is 0 Å². The van der Waals surface area contributed by atoms with Gasteiger partial charge in [-0.05, 0) is 0 Å². The van der Waals surface area contributed by atoms with Gasteiger partial charge in [-0.25, -0.2) is 0 Å². The van der Waals surface area contributed by atoms with Crippen molar-refractivity contribution in [2.45, 2.75) is 37.3 Å². The van der Waals surface area contributed by atoms with Gasteiger partial charge in [0.2, 0.25) is 0 Å². The molecule has 2 aromatic carbocycles. The summed E-state index contributed by atoms with van der Waals surface area (Å²) in [7, 11) is 0. The smallest absolute Gasteiger partial charge is 1.00 e. The second kappa shape index (κ2) is 11.1. The van der Waals surface area contributed by atoms with Crippen molar-refractivity contribution in [2.75, 3.05) is 0 Å². The van der Waals surface area contributed by atoms with Gasteiger partial charge in [-0.1, -0.05) is 0 Å². The van der Waals surface area contributed by atoms with Gasteiger partial charge in [-0.2, -0.15) is 0 Å². The fourth-order valence-corrected chi connectivity index (χ4v) is 7.13. The van der Waals surface area contributed by atoms with Crippen LogP contribution in [0.3, 0.4) is 0 Å². The van der Waals surface area contributed by atoms with Gasteiger partial charge in [0.15, 0.2) is 0 Å². The molecule has 5 unspecified atom stereocenters. The topological polar surface area (TPSA) is 0 Å². The number of hydrogen-bond donors (Lipinski definition) is 0. The summed E-state index contributed by atoms with van der Waals surface area (Å²) in [5.74, 6) is 2.41. The summed E-state index contributed by atoms with van der Waals surface area (Å²) in [4.78, 5) is 0. The van der Waals surface area contributed by atoms with E-state index in [1.807, 2.05) is 0 Å². The van der Waals surface area contributed by atoms with Crippen LogP contribution >= 0.6 is 0 Å². The second-order valence-electron chi connectivity index (χ2n) is 9.63. The molecule has 4 rings (SSSR count). The van der Waals surface area contributed by atoms with Crippen molar-refractivity contribution < 1.29 is 57.7 Å². The van der Waals surface area contributed by atoms with Gasteiger partial charge < -0.3 is 37.2 Å². The zero-order chi connectivity index (χ0) is 19.9. The quantitative estimate of drug-likeness (QED) is 0.420. The molecule has 1 saturated carbocycles. The standard InChI is InChI=1S/C27H31.3ClH.Ti/c1-20-19-21-13-11-12-18-24(21)25(20)27(26(2,3)4,22-14-7-5-8-15-22)23-16-9-6-10-17-23;;;;/h5-21,24-25H,1-4H3;3*1H;/q;;;;+3/p-3. The molecule has 2 aliphatic carbocycles. The Morgan fingerprint density at radius 2 is 1.10 bits per heavy atom. The van der Waals surface area contributed by atoms with Crippen molar-refractivity contribution in [1.82, 2.24) is 0 Å². The van der Waals surface area contributed by atoms with Gasteiger partial charge in [0.1, 0.15) is 0 Å². The first kappa shape index (κ1) is 28.5. The summed E-state index contributed by atoms with van der Waals surface area (Å²) < 4.78 is 0.686. The number of fused-ring (bicyclic) bond motifs is 1. The van der Waals surface area contributed by atoms with Gasteiger partial charge in [0, 0.05) is 0 Å². The van der Waals surface area contributed by atoms with Crippen LogP contribution in [0, 0.1) is 29.1 Å². The molecule has 0 nitrogen and oxygen atoms in total. The van der Waals surface area contributed by atoms with Gasteiger partial charge in [-0.15, -0.1) is 0 Å². The Bertz CT molecular complexity index is 831. The number of rotatable bonds is 3. The van der Waals surface area contributed by atoms with E-state index in [1.54, 1.807) is 0 Å². The Morgan fingerprint density at radius 1 is 0.677 bits per heavy atom. The maximum absolute atomic E-state index is 2.50. The van der Waals surface area contributed by atoms with Crippen molar-refractivity contribution in [1.29, 1.82) is 0 Å². The molecule has 0 radical (unpaired) electrons. The molecular weight excluding hydrogens is 479 g/mol. The molecule has 0 amide bonds. The molecule has 0 heterocycles. The first-order valence-corrected chi connectivity index (χ1v) is 11.5. The van der Waals surface area contributed by atoms with Crippen LogP contribution in [0.15, 0.2) is 85.0 Å². The van der Waals surface area contributed by atoms with E-state index in [4.69, 9.17) is 0 Å². The van der Waals surface area contributed by atoms with E-state index in [-0.39, 0.29) is 48.1 Å². The fourth-order valence-electron chi connectivity index (χ4n) is 6.29. The molecule has 0 aromatic heterocycles. The first-order chi connectivity index (χ1) is 13.4. The molecule has 1 fully saturated rings. The zero-order valence-electron chi connectivity index (χ0n) is 18.6. The molecule has 0 aliphatic heterocycles. The molecule has 164 valence electrons. The molecule has 2 aliphatic rings. The normalized spacial score (nSPS) is 26.8. The molecule has 4 heteroatoms. The van der Waals surface area contributed by atoms with E-state index < -0.39 is 0 Å². The van der Waals surface area contributed by atoms with Crippen molar-refractivity contribution in [3.8, 4) is 0 Å². The minimum absolute atomic E-state index is 0. The summed E-state index contributed by atoms with van der Waals surface area (Å²) in [5.41, 5.74) is 2.96. The molecule has 0 N–H and O–H groups in total. The third-order valence-electron chi connectivity index (χ3n) is 7.33.